The SMILES string of the molecule is O=C(Cc1cccs1)N1Cc2ccnn2[C@@H](CCOCC2CC2)C1. The third kappa shape index (κ3) is 3.70. The summed E-state index contributed by atoms with van der Waals surface area (Å²) in [6.45, 7) is 3.02. The zero-order valence-corrected chi connectivity index (χ0v) is 14.6. The Morgan fingerprint density at radius 1 is 1.38 bits per heavy atom. The van der Waals surface area contributed by atoms with Crippen molar-refractivity contribution >= 4 is 17.2 Å². The van der Waals surface area contributed by atoms with Gasteiger partial charge in [0.1, 0.15) is 0 Å². The lowest BCUT2D eigenvalue weighted by Gasteiger charge is -2.34. The van der Waals surface area contributed by atoms with E-state index in [1.165, 1.54) is 12.8 Å². The van der Waals surface area contributed by atoms with E-state index in [4.69, 9.17) is 4.74 Å². The van der Waals surface area contributed by atoms with Crippen LogP contribution in [0.1, 0.15) is 35.9 Å². The van der Waals surface area contributed by atoms with Crippen molar-refractivity contribution in [3.05, 3.63) is 40.3 Å². The average Bonchev–Trinajstić information content (AvgIpc) is 3.06. The van der Waals surface area contributed by atoms with Crippen LogP contribution in [0.2, 0.25) is 0 Å². The first-order chi connectivity index (χ1) is 11.8. The Labute approximate surface area is 146 Å². The third-order valence-corrected chi connectivity index (χ3v) is 5.66. The normalized spacial score (nSPS) is 20.2. The third-order valence-electron chi connectivity index (χ3n) is 4.79. The second-order valence-corrected chi connectivity index (χ2v) is 7.79. The van der Waals surface area contributed by atoms with Gasteiger partial charge in [-0.25, -0.2) is 0 Å². The number of fused-ring (bicyclic) bond motifs is 1. The molecule has 24 heavy (non-hydrogen) atoms. The average molecular weight is 345 g/mol. The molecular weight excluding hydrogens is 322 g/mol. The van der Waals surface area contributed by atoms with Gasteiger partial charge in [-0.1, -0.05) is 6.07 Å². The molecule has 6 heteroatoms. The zero-order valence-electron chi connectivity index (χ0n) is 13.8. The topological polar surface area (TPSA) is 47.4 Å². The maximum atomic E-state index is 12.6. The van der Waals surface area contributed by atoms with Crippen LogP contribution in [0.5, 0.6) is 0 Å². The minimum atomic E-state index is 0.203. The smallest absolute Gasteiger partial charge is 0.228 e. The molecule has 2 aromatic heterocycles. The lowest BCUT2D eigenvalue weighted by Crippen LogP contribution is -2.42. The molecular formula is C18H23N3O2S. The number of hydrogen-bond donors (Lipinski definition) is 0. The number of carbonyl (C=O) groups is 1. The molecule has 0 radical (unpaired) electrons. The number of thiophene rings is 1. The lowest BCUT2D eigenvalue weighted by atomic mass is 10.1. The van der Waals surface area contributed by atoms with Gasteiger partial charge in [-0.3, -0.25) is 9.48 Å². The van der Waals surface area contributed by atoms with E-state index in [0.717, 1.165) is 42.7 Å². The van der Waals surface area contributed by atoms with Crippen molar-refractivity contribution in [2.24, 2.45) is 5.92 Å². The molecule has 2 aromatic rings. The van der Waals surface area contributed by atoms with Gasteiger partial charge in [0, 0.05) is 30.8 Å². The Bertz CT molecular complexity index is 678. The summed E-state index contributed by atoms with van der Waals surface area (Å²) in [5, 5.41) is 6.48. The lowest BCUT2D eigenvalue weighted by molar-refractivity contribution is -0.132. The first kappa shape index (κ1) is 15.8. The van der Waals surface area contributed by atoms with Crippen molar-refractivity contribution in [2.75, 3.05) is 19.8 Å². The van der Waals surface area contributed by atoms with Crippen LogP contribution >= 0.6 is 11.3 Å². The predicted molar refractivity (Wildman–Crippen MR) is 92.9 cm³/mol. The molecule has 0 aromatic carbocycles. The van der Waals surface area contributed by atoms with Gasteiger partial charge in [0.15, 0.2) is 0 Å². The first-order valence-corrected chi connectivity index (χ1v) is 9.58. The summed E-state index contributed by atoms with van der Waals surface area (Å²) in [5.74, 6) is 0.995. The molecule has 0 N–H and O–H groups in total. The highest BCUT2D eigenvalue weighted by Gasteiger charge is 2.28. The van der Waals surface area contributed by atoms with Gasteiger partial charge in [-0.05, 0) is 42.7 Å². The molecule has 3 heterocycles. The van der Waals surface area contributed by atoms with Gasteiger partial charge in [-0.15, -0.1) is 11.3 Å². The van der Waals surface area contributed by atoms with Crippen molar-refractivity contribution in [2.45, 2.75) is 38.3 Å². The van der Waals surface area contributed by atoms with E-state index in [0.29, 0.717) is 13.0 Å². The maximum absolute atomic E-state index is 12.6. The molecule has 0 spiro atoms. The molecule has 128 valence electrons. The molecule has 0 unspecified atom stereocenters. The van der Waals surface area contributed by atoms with E-state index in [-0.39, 0.29) is 11.9 Å². The number of amides is 1. The van der Waals surface area contributed by atoms with Gasteiger partial charge in [-0.2, -0.15) is 5.10 Å². The van der Waals surface area contributed by atoms with Gasteiger partial charge in [0.25, 0.3) is 0 Å². The fourth-order valence-electron chi connectivity index (χ4n) is 3.22. The summed E-state index contributed by atoms with van der Waals surface area (Å²) in [6, 6.07) is 6.26. The number of aromatic nitrogens is 2. The minimum absolute atomic E-state index is 0.203. The molecule has 1 saturated carbocycles. The molecule has 0 bridgehead atoms. The van der Waals surface area contributed by atoms with Gasteiger partial charge < -0.3 is 9.64 Å². The van der Waals surface area contributed by atoms with Crippen molar-refractivity contribution in [1.29, 1.82) is 0 Å². The Morgan fingerprint density at radius 2 is 2.29 bits per heavy atom. The summed E-state index contributed by atoms with van der Waals surface area (Å²) >= 11 is 1.64. The summed E-state index contributed by atoms with van der Waals surface area (Å²) in [6.07, 6.45) is 5.87. The van der Waals surface area contributed by atoms with Crippen LogP contribution < -0.4 is 0 Å². The molecule has 1 atom stereocenters. The molecule has 1 aliphatic carbocycles. The molecule has 2 aliphatic rings. The molecule has 1 amide bonds. The van der Waals surface area contributed by atoms with Crippen LogP contribution in [0.3, 0.4) is 0 Å². The molecule has 1 fully saturated rings. The fraction of sp³-hybridized carbons (Fsp3) is 0.556. The largest absolute Gasteiger partial charge is 0.381 e. The van der Waals surface area contributed by atoms with E-state index in [2.05, 4.69) is 9.78 Å². The van der Waals surface area contributed by atoms with Crippen LogP contribution in [0.25, 0.3) is 0 Å². The zero-order chi connectivity index (χ0) is 16.4. The minimum Gasteiger partial charge on any atom is -0.381 e. The van der Waals surface area contributed by atoms with Crippen LogP contribution in [-0.4, -0.2) is 40.3 Å². The fourth-order valence-corrected chi connectivity index (χ4v) is 3.91. The summed E-state index contributed by atoms with van der Waals surface area (Å²) in [4.78, 5) is 15.7. The number of carbonyl (C=O) groups excluding carboxylic acids is 1. The first-order valence-electron chi connectivity index (χ1n) is 8.70. The standard InChI is InChI=1S/C18H23N3O2S/c22-18(10-17-2-1-9-24-17)20-11-15-5-7-19-21(15)16(12-20)6-8-23-13-14-3-4-14/h1-2,5,7,9,14,16H,3-4,6,8,10-13H2/t16-/m0/s1. The summed E-state index contributed by atoms with van der Waals surface area (Å²) in [5.41, 5.74) is 1.12. The Kier molecular flexibility index (Phi) is 4.67. The number of nitrogens with zero attached hydrogens (tertiary/aromatic N) is 3. The monoisotopic (exact) mass is 345 g/mol. The second kappa shape index (κ2) is 7.07. The van der Waals surface area contributed by atoms with E-state index >= 15 is 0 Å². The quantitative estimate of drug-likeness (QED) is 0.725. The Morgan fingerprint density at radius 3 is 3.08 bits per heavy atom. The van der Waals surface area contributed by atoms with E-state index in [9.17, 15) is 4.79 Å². The Hall–Kier alpha value is -1.66. The van der Waals surface area contributed by atoms with E-state index in [1.807, 2.05) is 34.7 Å². The summed E-state index contributed by atoms with van der Waals surface area (Å²) < 4.78 is 7.87. The van der Waals surface area contributed by atoms with Gasteiger partial charge >= 0.3 is 0 Å². The van der Waals surface area contributed by atoms with Crippen LogP contribution in [0.4, 0.5) is 0 Å². The highest BCUT2D eigenvalue weighted by molar-refractivity contribution is 7.10. The van der Waals surface area contributed by atoms with Crippen LogP contribution in [-0.2, 0) is 22.5 Å². The Balaban J connectivity index is 1.37. The molecule has 0 saturated heterocycles. The summed E-state index contributed by atoms with van der Waals surface area (Å²) in [7, 11) is 0. The number of hydrogen-bond acceptors (Lipinski definition) is 4. The van der Waals surface area contributed by atoms with E-state index < -0.39 is 0 Å². The van der Waals surface area contributed by atoms with Crippen molar-refractivity contribution in [1.82, 2.24) is 14.7 Å². The van der Waals surface area contributed by atoms with Crippen molar-refractivity contribution in [3.8, 4) is 0 Å². The van der Waals surface area contributed by atoms with Gasteiger partial charge in [0.05, 0.1) is 24.7 Å². The maximum Gasteiger partial charge on any atom is 0.228 e. The highest BCUT2D eigenvalue weighted by atomic mass is 32.1. The van der Waals surface area contributed by atoms with Crippen LogP contribution in [0.15, 0.2) is 29.8 Å². The van der Waals surface area contributed by atoms with E-state index in [1.54, 1.807) is 11.3 Å². The second-order valence-electron chi connectivity index (χ2n) is 6.76. The van der Waals surface area contributed by atoms with Crippen molar-refractivity contribution < 1.29 is 9.53 Å². The molecule has 5 nitrogen and oxygen atoms in total. The van der Waals surface area contributed by atoms with Gasteiger partial charge in [0.2, 0.25) is 5.91 Å². The highest BCUT2D eigenvalue weighted by Crippen LogP contribution is 2.29. The molecule has 1 aliphatic heterocycles. The number of rotatable bonds is 7. The predicted octanol–water partition coefficient (Wildman–Crippen LogP) is 2.89. The number of ether oxygens (including phenoxy) is 1. The van der Waals surface area contributed by atoms with Crippen LogP contribution in [0, 0.1) is 5.92 Å². The van der Waals surface area contributed by atoms with Crippen molar-refractivity contribution in [3.63, 3.8) is 0 Å². The molecule has 4 rings (SSSR count).